The second kappa shape index (κ2) is 11.2. The Morgan fingerprint density at radius 3 is 2.64 bits per heavy atom. The van der Waals surface area contributed by atoms with E-state index in [4.69, 9.17) is 0 Å². The molecule has 2 N–H and O–H groups in total. The summed E-state index contributed by atoms with van der Waals surface area (Å²) in [6.07, 6.45) is -3.80. The van der Waals surface area contributed by atoms with Crippen LogP contribution in [0.2, 0.25) is 0 Å². The zero-order valence-corrected chi connectivity index (χ0v) is 18.6. The van der Waals surface area contributed by atoms with Crippen LogP contribution >= 0.6 is 24.0 Å². The van der Waals surface area contributed by atoms with E-state index in [1.807, 2.05) is 13.0 Å². The van der Waals surface area contributed by atoms with E-state index in [9.17, 15) is 21.6 Å². The predicted octanol–water partition coefficient (Wildman–Crippen LogP) is 2.63. The Morgan fingerprint density at radius 2 is 2.04 bits per heavy atom. The minimum Gasteiger partial charge on any atom is -0.367 e. The summed E-state index contributed by atoms with van der Waals surface area (Å²) in [5.74, 6) is 0.770. The molecule has 1 aromatic rings. The van der Waals surface area contributed by atoms with Gasteiger partial charge in [-0.1, -0.05) is 24.3 Å². The van der Waals surface area contributed by atoms with Crippen molar-refractivity contribution in [3.63, 3.8) is 0 Å². The van der Waals surface area contributed by atoms with E-state index >= 15 is 0 Å². The average Bonchev–Trinajstić information content (AvgIpc) is 2.91. The van der Waals surface area contributed by atoms with Crippen LogP contribution in [-0.2, 0) is 27.7 Å². The van der Waals surface area contributed by atoms with Gasteiger partial charge in [-0.05, 0) is 24.5 Å². The standard InChI is InChI=1S/C17H24F3N3O3S.HI/c1-2-21-16(23-15-6-7-27(24,25)11-15)22-9-13-4-3-5-14(8-13)10-26-12-17(18,19)20;/h3-5,8,15H,2,6-7,9-12H2,1H3,(H2,21,22,23);1H. The van der Waals surface area contributed by atoms with Crippen molar-refractivity contribution in [2.75, 3.05) is 24.7 Å². The fourth-order valence-corrected chi connectivity index (χ4v) is 4.37. The number of alkyl halides is 3. The van der Waals surface area contributed by atoms with Crippen molar-refractivity contribution in [1.29, 1.82) is 0 Å². The molecule has 0 aliphatic carbocycles. The molecule has 0 saturated carbocycles. The van der Waals surface area contributed by atoms with Gasteiger partial charge in [0, 0.05) is 12.6 Å². The third-order valence-corrected chi connectivity index (χ3v) is 5.63. The van der Waals surface area contributed by atoms with Crippen LogP contribution in [0.15, 0.2) is 29.3 Å². The molecule has 0 spiro atoms. The summed E-state index contributed by atoms with van der Waals surface area (Å²) in [6, 6.07) is 6.82. The number of ether oxygens (including phenoxy) is 1. The first-order valence-corrected chi connectivity index (χ1v) is 10.5. The van der Waals surface area contributed by atoms with Crippen molar-refractivity contribution in [2.24, 2.45) is 4.99 Å². The third-order valence-electron chi connectivity index (χ3n) is 3.86. The van der Waals surface area contributed by atoms with Gasteiger partial charge in [0.25, 0.3) is 0 Å². The molecule has 11 heteroatoms. The molecule has 1 aliphatic rings. The number of guanidine groups is 1. The number of hydrogen-bond donors (Lipinski definition) is 2. The lowest BCUT2D eigenvalue weighted by atomic mass is 10.1. The van der Waals surface area contributed by atoms with Crippen molar-refractivity contribution in [2.45, 2.75) is 38.7 Å². The molecule has 160 valence electrons. The van der Waals surface area contributed by atoms with Gasteiger partial charge in [0.2, 0.25) is 0 Å². The molecule has 6 nitrogen and oxygen atoms in total. The molecule has 2 rings (SSSR count). The van der Waals surface area contributed by atoms with Gasteiger partial charge in [-0.3, -0.25) is 0 Å². The lowest BCUT2D eigenvalue weighted by Crippen LogP contribution is -2.44. The molecule has 1 heterocycles. The van der Waals surface area contributed by atoms with Crippen molar-refractivity contribution in [1.82, 2.24) is 10.6 Å². The summed E-state index contributed by atoms with van der Waals surface area (Å²) in [5.41, 5.74) is 1.45. The molecule has 0 radical (unpaired) electrons. The number of hydrogen-bond acceptors (Lipinski definition) is 4. The summed E-state index contributed by atoms with van der Waals surface area (Å²) in [4.78, 5) is 4.43. The number of halogens is 4. The number of aliphatic imine (C=N–C) groups is 1. The SMILES string of the molecule is CCNC(=NCc1cccc(COCC(F)(F)F)c1)NC1CCS(=O)(=O)C1.I. The van der Waals surface area contributed by atoms with E-state index in [1.54, 1.807) is 18.2 Å². The zero-order valence-electron chi connectivity index (χ0n) is 15.5. The van der Waals surface area contributed by atoms with Crippen LogP contribution in [0.4, 0.5) is 13.2 Å². The second-order valence-corrected chi connectivity index (χ2v) is 8.60. The van der Waals surface area contributed by atoms with Crippen LogP contribution in [0.5, 0.6) is 0 Å². The summed E-state index contributed by atoms with van der Waals surface area (Å²) in [7, 11) is -2.99. The van der Waals surface area contributed by atoms with Crippen molar-refractivity contribution in [3.8, 4) is 0 Å². The molecule has 1 aromatic carbocycles. The topological polar surface area (TPSA) is 79.8 Å². The van der Waals surface area contributed by atoms with Crippen LogP contribution in [-0.4, -0.2) is 51.3 Å². The number of rotatable bonds is 7. The average molecular weight is 535 g/mol. The van der Waals surface area contributed by atoms with Gasteiger partial charge >= 0.3 is 6.18 Å². The predicted molar refractivity (Wildman–Crippen MR) is 113 cm³/mol. The highest BCUT2D eigenvalue weighted by Crippen LogP contribution is 2.16. The van der Waals surface area contributed by atoms with E-state index in [1.165, 1.54) is 0 Å². The molecule has 1 unspecified atom stereocenters. The second-order valence-electron chi connectivity index (χ2n) is 6.37. The Hall–Kier alpha value is -1.08. The van der Waals surface area contributed by atoms with Gasteiger partial charge in [-0.15, -0.1) is 24.0 Å². The van der Waals surface area contributed by atoms with Crippen LogP contribution < -0.4 is 10.6 Å². The zero-order chi connectivity index (χ0) is 19.9. The summed E-state index contributed by atoms with van der Waals surface area (Å²) in [6.45, 7) is 1.42. The highest BCUT2D eigenvalue weighted by atomic mass is 127. The minimum absolute atomic E-state index is 0. The molecule has 0 bridgehead atoms. The normalized spacial score (nSPS) is 19.1. The lowest BCUT2D eigenvalue weighted by molar-refractivity contribution is -0.176. The van der Waals surface area contributed by atoms with Gasteiger partial charge in [0.15, 0.2) is 15.8 Å². The van der Waals surface area contributed by atoms with E-state index < -0.39 is 22.6 Å². The van der Waals surface area contributed by atoms with Crippen molar-refractivity contribution >= 4 is 39.8 Å². The largest absolute Gasteiger partial charge is 0.411 e. The maximum absolute atomic E-state index is 12.1. The van der Waals surface area contributed by atoms with Crippen LogP contribution in [0.3, 0.4) is 0 Å². The first-order chi connectivity index (χ1) is 12.7. The van der Waals surface area contributed by atoms with E-state index in [0.717, 1.165) is 5.56 Å². The monoisotopic (exact) mass is 535 g/mol. The molecule has 1 atom stereocenters. The van der Waals surface area contributed by atoms with Gasteiger partial charge in [-0.2, -0.15) is 13.2 Å². The van der Waals surface area contributed by atoms with Gasteiger partial charge in [0.1, 0.15) is 6.61 Å². The summed E-state index contributed by atoms with van der Waals surface area (Å²) in [5, 5.41) is 6.19. The molecule has 0 amide bonds. The first kappa shape index (κ1) is 25.0. The van der Waals surface area contributed by atoms with Crippen molar-refractivity contribution in [3.05, 3.63) is 35.4 Å². The van der Waals surface area contributed by atoms with E-state index in [0.29, 0.717) is 31.0 Å². The van der Waals surface area contributed by atoms with Gasteiger partial charge in [0.05, 0.1) is 24.7 Å². The maximum atomic E-state index is 12.1. The minimum atomic E-state index is -4.35. The Bertz CT molecular complexity index is 758. The molecule has 1 saturated heterocycles. The molecular formula is C17H25F3IN3O3S. The Balaban J connectivity index is 0.00000392. The van der Waals surface area contributed by atoms with E-state index in [-0.39, 0.29) is 48.1 Å². The molecular weight excluding hydrogens is 510 g/mol. The Morgan fingerprint density at radius 1 is 1.32 bits per heavy atom. The summed E-state index contributed by atoms with van der Waals surface area (Å²) < 4.78 is 64.2. The van der Waals surface area contributed by atoms with Crippen LogP contribution in [0.1, 0.15) is 24.5 Å². The molecule has 0 aromatic heterocycles. The first-order valence-electron chi connectivity index (χ1n) is 8.64. The highest BCUT2D eigenvalue weighted by molar-refractivity contribution is 14.0. The Kier molecular flexibility index (Phi) is 9.98. The molecule has 28 heavy (non-hydrogen) atoms. The number of benzene rings is 1. The lowest BCUT2D eigenvalue weighted by Gasteiger charge is -2.16. The fraction of sp³-hybridized carbons (Fsp3) is 0.588. The van der Waals surface area contributed by atoms with Crippen LogP contribution in [0.25, 0.3) is 0 Å². The summed E-state index contributed by atoms with van der Waals surface area (Å²) >= 11 is 0. The maximum Gasteiger partial charge on any atom is 0.411 e. The number of sulfone groups is 1. The van der Waals surface area contributed by atoms with Crippen molar-refractivity contribution < 1.29 is 26.3 Å². The fourth-order valence-electron chi connectivity index (χ4n) is 2.69. The molecule has 1 fully saturated rings. The van der Waals surface area contributed by atoms with E-state index in [2.05, 4.69) is 20.4 Å². The number of nitrogens with zero attached hydrogens (tertiary/aromatic N) is 1. The quantitative estimate of drug-likeness (QED) is 0.319. The number of nitrogens with one attached hydrogen (secondary N) is 2. The Labute approximate surface area is 180 Å². The van der Waals surface area contributed by atoms with Gasteiger partial charge in [-0.25, -0.2) is 13.4 Å². The molecule has 1 aliphatic heterocycles. The smallest absolute Gasteiger partial charge is 0.367 e. The van der Waals surface area contributed by atoms with Gasteiger partial charge < -0.3 is 15.4 Å². The van der Waals surface area contributed by atoms with Crippen LogP contribution in [0, 0.1) is 0 Å². The highest BCUT2D eigenvalue weighted by Gasteiger charge is 2.28. The third kappa shape index (κ3) is 9.41.